The third-order valence-corrected chi connectivity index (χ3v) is 2.72. The summed E-state index contributed by atoms with van der Waals surface area (Å²) in [5, 5.41) is 0. The van der Waals surface area contributed by atoms with Gasteiger partial charge in [-0.15, -0.1) is 0 Å². The minimum absolute atomic E-state index is 0.0168. The van der Waals surface area contributed by atoms with Crippen LogP contribution in [0.4, 0.5) is 0 Å². The molecule has 5 N–H and O–H groups in total. The molecule has 86 valence electrons. The van der Waals surface area contributed by atoms with Gasteiger partial charge in [-0.2, -0.15) is 4.34 Å². The number of imidazole rings is 1. The number of aromatic nitrogens is 4. The fourth-order valence-electron chi connectivity index (χ4n) is 1.28. The van der Waals surface area contributed by atoms with E-state index in [1.165, 1.54) is 0 Å². The number of hydrogen-bond acceptors (Lipinski definition) is 4. The lowest BCUT2D eigenvalue weighted by atomic mass is 10.5. The Morgan fingerprint density at radius 1 is 1.06 bits per heavy atom. The van der Waals surface area contributed by atoms with E-state index >= 15 is 0 Å². The van der Waals surface area contributed by atoms with Crippen LogP contribution >= 0.6 is 7.75 Å². The van der Waals surface area contributed by atoms with Crippen LogP contribution in [0.3, 0.4) is 0 Å². The van der Waals surface area contributed by atoms with Crippen LogP contribution in [-0.2, 0) is 4.57 Å². The van der Waals surface area contributed by atoms with Crippen LogP contribution in [0.5, 0.6) is 0 Å². The number of hydrogen-bond donors (Lipinski definition) is 5. The summed E-state index contributed by atoms with van der Waals surface area (Å²) < 4.78 is 10.9. The summed E-state index contributed by atoms with van der Waals surface area (Å²) in [5.74, 6) is 0. The summed E-state index contributed by atoms with van der Waals surface area (Å²) in [6.45, 7) is 0. The van der Waals surface area contributed by atoms with E-state index in [-0.39, 0.29) is 9.98 Å². The molecule has 0 atom stereocenters. The molecule has 2 aromatic rings. The molecule has 2 heterocycles. The van der Waals surface area contributed by atoms with Crippen molar-refractivity contribution in [1.29, 1.82) is 0 Å². The molecule has 11 heteroatoms. The van der Waals surface area contributed by atoms with Crippen LogP contribution in [0.1, 0.15) is 0 Å². The Hall–Kier alpha value is -1.90. The standard InChI is InChI=1S/C5H5N4O6P/c10-3-1-2(6-4(11)8-3)7-5(12)9(1)16(13,14)15/h(H2,13,14,15)(H3,6,7,8,10,11,12). The normalized spacial score (nSPS) is 12.1. The van der Waals surface area contributed by atoms with Crippen molar-refractivity contribution in [1.82, 2.24) is 19.3 Å². The summed E-state index contributed by atoms with van der Waals surface area (Å²) in [7, 11) is -4.96. The van der Waals surface area contributed by atoms with Crippen molar-refractivity contribution in [2.24, 2.45) is 0 Å². The first-order chi connectivity index (χ1) is 7.30. The Morgan fingerprint density at radius 2 is 1.69 bits per heavy atom. The maximum Gasteiger partial charge on any atom is 0.438 e. The Bertz CT molecular complexity index is 771. The number of H-pyrrole nitrogens is 3. The first-order valence-electron chi connectivity index (χ1n) is 3.84. The second-order valence-electron chi connectivity index (χ2n) is 2.89. The highest BCUT2D eigenvalue weighted by atomic mass is 31.2. The quantitative estimate of drug-likeness (QED) is 0.355. The maximum absolute atomic E-state index is 11.3. The van der Waals surface area contributed by atoms with Gasteiger partial charge >= 0.3 is 19.1 Å². The number of nitrogens with one attached hydrogen (secondary N) is 3. The molecular formula is C5H5N4O6P. The largest absolute Gasteiger partial charge is 0.438 e. The van der Waals surface area contributed by atoms with Gasteiger partial charge in [-0.3, -0.25) is 19.7 Å². The zero-order chi connectivity index (χ0) is 12.1. The second kappa shape index (κ2) is 3.04. The molecule has 0 aliphatic carbocycles. The third-order valence-electron chi connectivity index (χ3n) is 1.81. The molecule has 0 fully saturated rings. The lowest BCUT2D eigenvalue weighted by Crippen LogP contribution is -2.24. The van der Waals surface area contributed by atoms with Gasteiger partial charge in [0.2, 0.25) is 0 Å². The molecular weight excluding hydrogens is 243 g/mol. The number of rotatable bonds is 1. The monoisotopic (exact) mass is 248 g/mol. The highest BCUT2D eigenvalue weighted by Crippen LogP contribution is 2.36. The number of fused-ring (bicyclic) bond motifs is 1. The van der Waals surface area contributed by atoms with E-state index in [9.17, 15) is 18.9 Å². The van der Waals surface area contributed by atoms with Crippen molar-refractivity contribution in [3.8, 4) is 0 Å². The van der Waals surface area contributed by atoms with Crippen molar-refractivity contribution in [3.05, 3.63) is 31.3 Å². The molecule has 0 aromatic carbocycles. The van der Waals surface area contributed by atoms with E-state index in [0.717, 1.165) is 0 Å². The van der Waals surface area contributed by atoms with Gasteiger partial charge in [0.25, 0.3) is 5.56 Å². The third kappa shape index (κ3) is 1.45. The molecule has 10 nitrogen and oxygen atoms in total. The average Bonchev–Trinajstić information content (AvgIpc) is 2.39. The molecule has 2 aromatic heterocycles. The van der Waals surface area contributed by atoms with Gasteiger partial charge in [0.05, 0.1) is 0 Å². The molecule has 2 rings (SSSR count). The van der Waals surface area contributed by atoms with E-state index in [1.807, 2.05) is 9.97 Å². The van der Waals surface area contributed by atoms with Crippen molar-refractivity contribution < 1.29 is 14.4 Å². The van der Waals surface area contributed by atoms with E-state index < -0.39 is 30.2 Å². The lowest BCUT2D eigenvalue weighted by Gasteiger charge is -2.02. The predicted molar refractivity (Wildman–Crippen MR) is 51.2 cm³/mol. The van der Waals surface area contributed by atoms with Gasteiger partial charge in [-0.1, -0.05) is 0 Å². The molecule has 0 bridgehead atoms. The summed E-state index contributed by atoms with van der Waals surface area (Å²) in [4.78, 5) is 56.8. The molecule has 0 unspecified atom stereocenters. The van der Waals surface area contributed by atoms with Gasteiger partial charge in [0.1, 0.15) is 5.65 Å². The zero-order valence-corrected chi connectivity index (χ0v) is 8.32. The average molecular weight is 248 g/mol. The summed E-state index contributed by atoms with van der Waals surface area (Å²) in [5.41, 5.74) is -4.10. The van der Waals surface area contributed by atoms with Gasteiger partial charge in [0.15, 0.2) is 5.52 Å². The van der Waals surface area contributed by atoms with Gasteiger partial charge in [-0.05, 0) is 0 Å². The summed E-state index contributed by atoms with van der Waals surface area (Å²) in [6, 6.07) is 0. The minimum Gasteiger partial charge on any atom is -0.308 e. The van der Waals surface area contributed by atoms with Crippen LogP contribution in [-0.4, -0.2) is 29.1 Å². The Morgan fingerprint density at radius 3 is 2.25 bits per heavy atom. The molecule has 0 amide bonds. The topological polar surface area (TPSA) is 161 Å². The van der Waals surface area contributed by atoms with Gasteiger partial charge < -0.3 is 9.79 Å². The molecule has 0 radical (unpaired) electrons. The zero-order valence-electron chi connectivity index (χ0n) is 7.42. The molecule has 0 saturated carbocycles. The van der Waals surface area contributed by atoms with E-state index in [2.05, 4.69) is 0 Å². The number of aromatic amines is 3. The molecule has 0 aliphatic rings. The highest BCUT2D eigenvalue weighted by Gasteiger charge is 2.25. The smallest absolute Gasteiger partial charge is 0.308 e. The highest BCUT2D eigenvalue weighted by molar-refractivity contribution is 7.50. The van der Waals surface area contributed by atoms with Crippen LogP contribution < -0.4 is 16.9 Å². The van der Waals surface area contributed by atoms with Crippen molar-refractivity contribution in [3.63, 3.8) is 0 Å². The SMILES string of the molecule is O=c1[nH]c(=O)c2c([nH]1)[nH]c(=O)n2P(=O)(O)O. The van der Waals surface area contributed by atoms with Crippen LogP contribution in [0.15, 0.2) is 14.4 Å². The Balaban J connectivity index is 3.14. The van der Waals surface area contributed by atoms with Gasteiger partial charge in [-0.25, -0.2) is 14.2 Å². The summed E-state index contributed by atoms with van der Waals surface area (Å²) in [6.07, 6.45) is 0. The van der Waals surface area contributed by atoms with Crippen LogP contribution in [0.25, 0.3) is 11.2 Å². The Kier molecular flexibility index (Phi) is 2.02. The van der Waals surface area contributed by atoms with Crippen molar-refractivity contribution in [2.75, 3.05) is 0 Å². The van der Waals surface area contributed by atoms with Crippen LogP contribution in [0, 0.1) is 0 Å². The Labute approximate surface area is 84.8 Å². The van der Waals surface area contributed by atoms with E-state index in [4.69, 9.17) is 9.79 Å². The van der Waals surface area contributed by atoms with E-state index in [1.54, 1.807) is 4.98 Å². The second-order valence-corrected chi connectivity index (χ2v) is 4.31. The molecule has 0 aliphatic heterocycles. The predicted octanol–water partition coefficient (Wildman–Crippen LogP) is -2.35. The first kappa shape index (κ1) is 10.6. The fraction of sp³-hybridized carbons (Fsp3) is 0. The molecule has 0 saturated heterocycles. The number of nitrogens with zero attached hydrogens (tertiary/aromatic N) is 1. The van der Waals surface area contributed by atoms with Gasteiger partial charge in [0, 0.05) is 0 Å². The molecule has 16 heavy (non-hydrogen) atoms. The summed E-state index contributed by atoms with van der Waals surface area (Å²) >= 11 is 0. The maximum atomic E-state index is 11.3. The minimum atomic E-state index is -4.96. The van der Waals surface area contributed by atoms with Crippen molar-refractivity contribution in [2.45, 2.75) is 0 Å². The van der Waals surface area contributed by atoms with Crippen LogP contribution in [0.2, 0.25) is 0 Å². The fourth-order valence-corrected chi connectivity index (χ4v) is 2.02. The first-order valence-corrected chi connectivity index (χ1v) is 5.41. The van der Waals surface area contributed by atoms with Crippen molar-refractivity contribution >= 4 is 18.9 Å². The lowest BCUT2D eigenvalue weighted by molar-refractivity contribution is 0.361. The molecule has 0 spiro atoms. The van der Waals surface area contributed by atoms with E-state index in [0.29, 0.717) is 0 Å².